The average Bonchev–Trinajstić information content (AvgIpc) is 3.43. The van der Waals surface area contributed by atoms with Crippen molar-refractivity contribution in [2.24, 2.45) is 0 Å². The van der Waals surface area contributed by atoms with E-state index in [1.54, 1.807) is 38.5 Å². The fourth-order valence-electron chi connectivity index (χ4n) is 3.31. The Kier molecular flexibility index (Phi) is 4.86. The molecule has 2 aromatic carbocycles. The molecular weight excluding hydrogens is 412 g/mol. The molecule has 10 nitrogen and oxygen atoms in total. The van der Waals surface area contributed by atoms with Gasteiger partial charge in [-0.1, -0.05) is 35.5 Å². The smallest absolute Gasteiger partial charge is 0.367 e. The summed E-state index contributed by atoms with van der Waals surface area (Å²) in [5.41, 5.74) is 2.30. The molecule has 3 heterocycles. The van der Waals surface area contributed by atoms with Gasteiger partial charge >= 0.3 is 5.69 Å². The second-order valence-electron chi connectivity index (χ2n) is 6.88. The minimum atomic E-state index is -0.399. The highest BCUT2D eigenvalue weighted by Crippen LogP contribution is 2.31. The zero-order valence-corrected chi connectivity index (χ0v) is 17.3. The van der Waals surface area contributed by atoms with E-state index in [0.29, 0.717) is 34.2 Å². The number of nitrogens with zero attached hydrogens (tertiary/aromatic N) is 6. The Hall–Kier alpha value is -4.47. The van der Waals surface area contributed by atoms with E-state index in [9.17, 15) is 4.79 Å². The molecule has 0 aliphatic heterocycles. The number of hydrogen-bond acceptors (Lipinski definition) is 8. The van der Waals surface area contributed by atoms with Crippen LogP contribution in [0, 0.1) is 0 Å². The molecule has 3 aromatic heterocycles. The highest BCUT2D eigenvalue weighted by molar-refractivity contribution is 5.61. The average molecular weight is 430 g/mol. The van der Waals surface area contributed by atoms with Crippen LogP contribution in [0.5, 0.6) is 11.5 Å². The van der Waals surface area contributed by atoms with Gasteiger partial charge in [0.25, 0.3) is 0 Å². The monoisotopic (exact) mass is 430 g/mol. The summed E-state index contributed by atoms with van der Waals surface area (Å²) in [6, 6.07) is 18.5. The van der Waals surface area contributed by atoms with E-state index in [0.717, 1.165) is 5.56 Å². The topological polar surface area (TPSA) is 110 Å². The van der Waals surface area contributed by atoms with Crippen LogP contribution in [0.3, 0.4) is 0 Å². The van der Waals surface area contributed by atoms with E-state index in [4.69, 9.17) is 14.0 Å². The number of benzene rings is 2. The van der Waals surface area contributed by atoms with E-state index in [2.05, 4.69) is 20.3 Å². The van der Waals surface area contributed by atoms with Crippen LogP contribution in [-0.4, -0.2) is 43.8 Å². The van der Waals surface area contributed by atoms with Crippen LogP contribution in [0.1, 0.15) is 5.89 Å². The van der Waals surface area contributed by atoms with E-state index in [1.807, 2.05) is 36.4 Å². The molecule has 0 radical (unpaired) electrons. The summed E-state index contributed by atoms with van der Waals surface area (Å²) in [7, 11) is 3.12. The Bertz CT molecular complexity index is 1450. The summed E-state index contributed by atoms with van der Waals surface area (Å²) in [5, 5.41) is 12.7. The third kappa shape index (κ3) is 3.47. The Morgan fingerprint density at radius 2 is 1.72 bits per heavy atom. The van der Waals surface area contributed by atoms with Gasteiger partial charge in [0.1, 0.15) is 6.54 Å². The highest BCUT2D eigenvalue weighted by Gasteiger charge is 2.16. The lowest BCUT2D eigenvalue weighted by molar-refractivity contribution is 0.355. The first-order valence-electron chi connectivity index (χ1n) is 9.73. The molecule has 0 saturated heterocycles. The number of rotatable bonds is 6. The summed E-state index contributed by atoms with van der Waals surface area (Å²) >= 11 is 0. The molecule has 10 heteroatoms. The van der Waals surface area contributed by atoms with Crippen LogP contribution >= 0.6 is 0 Å². The molecule has 0 bridgehead atoms. The standard InChI is InChI=1S/C22H18N6O4/c1-30-17-10-8-15(12-18(17)31-2)21-23-20(32-26-21)13-27-22(29)28-19(25-27)11-9-16(24-28)14-6-4-3-5-7-14/h3-12H,13H2,1-2H3. The molecule has 5 rings (SSSR count). The number of fused-ring (bicyclic) bond motifs is 1. The van der Waals surface area contributed by atoms with Gasteiger partial charge in [-0.25, -0.2) is 9.48 Å². The molecule has 0 aliphatic carbocycles. The summed E-state index contributed by atoms with van der Waals surface area (Å²) < 4.78 is 18.4. The Morgan fingerprint density at radius 1 is 0.906 bits per heavy atom. The maximum absolute atomic E-state index is 12.8. The van der Waals surface area contributed by atoms with Crippen molar-refractivity contribution >= 4 is 5.65 Å². The molecular formula is C22H18N6O4. The fraction of sp³-hybridized carbons (Fsp3) is 0.136. The van der Waals surface area contributed by atoms with Crippen molar-refractivity contribution in [3.8, 4) is 34.1 Å². The molecule has 0 unspecified atom stereocenters. The third-order valence-corrected chi connectivity index (χ3v) is 4.90. The van der Waals surface area contributed by atoms with Gasteiger partial charge in [-0.2, -0.15) is 14.6 Å². The molecule has 0 N–H and O–H groups in total. The molecule has 0 saturated carbocycles. The van der Waals surface area contributed by atoms with Crippen LogP contribution < -0.4 is 15.2 Å². The molecule has 5 aromatic rings. The Balaban J connectivity index is 1.44. The lowest BCUT2D eigenvalue weighted by atomic mass is 10.1. The first kappa shape index (κ1) is 19.5. The zero-order chi connectivity index (χ0) is 22.1. The largest absolute Gasteiger partial charge is 0.493 e. The van der Waals surface area contributed by atoms with E-state index in [-0.39, 0.29) is 12.4 Å². The van der Waals surface area contributed by atoms with Crippen LogP contribution in [-0.2, 0) is 6.54 Å². The predicted molar refractivity (Wildman–Crippen MR) is 115 cm³/mol. The normalized spacial score (nSPS) is 11.1. The summed E-state index contributed by atoms with van der Waals surface area (Å²) in [5.74, 6) is 1.75. The van der Waals surface area contributed by atoms with E-state index < -0.39 is 5.69 Å². The molecule has 0 atom stereocenters. The molecule has 0 amide bonds. The van der Waals surface area contributed by atoms with Crippen molar-refractivity contribution in [3.05, 3.63) is 77.0 Å². The number of methoxy groups -OCH3 is 2. The van der Waals surface area contributed by atoms with Gasteiger partial charge in [0.2, 0.25) is 11.7 Å². The lowest BCUT2D eigenvalue weighted by Gasteiger charge is -2.07. The maximum atomic E-state index is 12.8. The lowest BCUT2D eigenvalue weighted by Crippen LogP contribution is -2.23. The van der Waals surface area contributed by atoms with E-state index in [1.165, 1.54) is 9.20 Å². The number of hydrogen-bond donors (Lipinski definition) is 0. The summed E-state index contributed by atoms with van der Waals surface area (Å²) in [6.45, 7) is 0.0170. The first-order valence-corrected chi connectivity index (χ1v) is 9.73. The van der Waals surface area contributed by atoms with Gasteiger partial charge in [0.05, 0.1) is 19.9 Å². The fourth-order valence-corrected chi connectivity index (χ4v) is 3.31. The molecule has 160 valence electrons. The zero-order valence-electron chi connectivity index (χ0n) is 17.3. The van der Waals surface area contributed by atoms with Crippen LogP contribution in [0.15, 0.2) is 70.0 Å². The minimum absolute atomic E-state index is 0.0170. The quantitative estimate of drug-likeness (QED) is 0.404. The van der Waals surface area contributed by atoms with Crippen LogP contribution in [0.2, 0.25) is 0 Å². The number of aromatic nitrogens is 6. The van der Waals surface area contributed by atoms with Gasteiger partial charge in [0, 0.05) is 11.1 Å². The molecule has 0 spiro atoms. The SMILES string of the molecule is COc1ccc(-c2noc(Cn3nc4ccc(-c5ccccc5)nn4c3=O)n2)cc1OC. The van der Waals surface area contributed by atoms with Gasteiger partial charge in [-0.3, -0.25) is 0 Å². The van der Waals surface area contributed by atoms with Crippen molar-refractivity contribution < 1.29 is 14.0 Å². The summed E-state index contributed by atoms with van der Waals surface area (Å²) in [4.78, 5) is 17.2. The van der Waals surface area contributed by atoms with Gasteiger partial charge in [-0.15, -0.1) is 5.10 Å². The van der Waals surface area contributed by atoms with Crippen molar-refractivity contribution in [1.29, 1.82) is 0 Å². The predicted octanol–water partition coefficient (Wildman–Crippen LogP) is 2.67. The third-order valence-electron chi connectivity index (χ3n) is 4.90. The van der Waals surface area contributed by atoms with Crippen LogP contribution in [0.4, 0.5) is 0 Å². The Morgan fingerprint density at radius 3 is 2.50 bits per heavy atom. The van der Waals surface area contributed by atoms with Gasteiger partial charge < -0.3 is 14.0 Å². The minimum Gasteiger partial charge on any atom is -0.493 e. The summed E-state index contributed by atoms with van der Waals surface area (Å²) in [6.07, 6.45) is 0. The molecule has 32 heavy (non-hydrogen) atoms. The Labute approximate surface area is 181 Å². The molecule has 0 aliphatic rings. The van der Waals surface area contributed by atoms with Crippen molar-refractivity contribution in [2.75, 3.05) is 14.2 Å². The second kappa shape index (κ2) is 7.99. The van der Waals surface area contributed by atoms with Gasteiger partial charge in [-0.05, 0) is 30.3 Å². The maximum Gasteiger partial charge on any atom is 0.367 e. The van der Waals surface area contributed by atoms with Crippen molar-refractivity contribution in [3.63, 3.8) is 0 Å². The second-order valence-corrected chi connectivity index (χ2v) is 6.88. The highest BCUT2D eigenvalue weighted by atomic mass is 16.5. The molecule has 0 fully saturated rings. The van der Waals surface area contributed by atoms with E-state index >= 15 is 0 Å². The van der Waals surface area contributed by atoms with Crippen LogP contribution in [0.25, 0.3) is 28.3 Å². The van der Waals surface area contributed by atoms with Crippen molar-refractivity contribution in [1.82, 2.24) is 29.5 Å². The first-order chi connectivity index (χ1) is 15.7. The van der Waals surface area contributed by atoms with Gasteiger partial charge in [0.15, 0.2) is 17.1 Å². The van der Waals surface area contributed by atoms with Crippen molar-refractivity contribution in [2.45, 2.75) is 6.54 Å². The number of ether oxygens (including phenoxy) is 2.